The van der Waals surface area contributed by atoms with Gasteiger partial charge in [0.2, 0.25) is 0 Å². The molecule has 6 nitrogen and oxygen atoms in total. The summed E-state index contributed by atoms with van der Waals surface area (Å²) >= 11 is 1.76. The molecule has 0 saturated carbocycles. The highest BCUT2D eigenvalue weighted by Gasteiger charge is 2.29. The summed E-state index contributed by atoms with van der Waals surface area (Å²) in [5.74, 6) is -0.122. The number of anilines is 1. The van der Waals surface area contributed by atoms with Crippen LogP contribution in [0.5, 0.6) is 0 Å². The number of hydrogen-bond donors (Lipinski definition) is 1. The fourth-order valence-corrected chi connectivity index (χ4v) is 5.63. The highest BCUT2D eigenvalue weighted by Crippen LogP contribution is 2.34. The van der Waals surface area contributed by atoms with E-state index >= 15 is 0 Å². The number of carbonyl (C=O) groups excluding carboxylic acids is 1. The van der Waals surface area contributed by atoms with Crippen molar-refractivity contribution in [3.8, 4) is 11.1 Å². The zero-order valence-electron chi connectivity index (χ0n) is 17.3. The van der Waals surface area contributed by atoms with Crippen molar-refractivity contribution in [1.29, 1.82) is 0 Å². The Bertz CT molecular complexity index is 1060. The van der Waals surface area contributed by atoms with Crippen LogP contribution < -0.4 is 10.2 Å². The van der Waals surface area contributed by atoms with E-state index in [1.807, 2.05) is 6.07 Å². The number of hydrogen-bond acceptors (Lipinski definition) is 6. The quantitative estimate of drug-likeness (QED) is 0.695. The molecule has 1 amide bonds. The first-order valence-electron chi connectivity index (χ1n) is 10.8. The van der Waals surface area contributed by atoms with Crippen LogP contribution in [-0.4, -0.2) is 60.0 Å². The molecule has 1 atom stereocenters. The van der Waals surface area contributed by atoms with Crippen molar-refractivity contribution >= 4 is 32.6 Å². The number of nitrogens with one attached hydrogen (secondary N) is 1. The van der Waals surface area contributed by atoms with Gasteiger partial charge in [-0.3, -0.25) is 14.7 Å². The number of rotatable bonds is 4. The third-order valence-electron chi connectivity index (χ3n) is 6.28. The van der Waals surface area contributed by atoms with Crippen molar-refractivity contribution in [1.82, 2.24) is 20.2 Å². The topological polar surface area (TPSA) is 61.4 Å². The minimum atomic E-state index is -0.122. The summed E-state index contributed by atoms with van der Waals surface area (Å²) in [5, 5.41) is 3.78. The number of likely N-dealkylation sites (tertiary alicyclic amines) is 1. The SMILES string of the molecule is CNC(=O)c1cncc(-c2ccc3nc(N4CCC(N5CCCCC5)C4)sc3c2)c1. The predicted octanol–water partition coefficient (Wildman–Crippen LogP) is 3.78. The van der Waals surface area contributed by atoms with E-state index < -0.39 is 0 Å². The van der Waals surface area contributed by atoms with Crippen LogP contribution in [0.1, 0.15) is 36.0 Å². The third-order valence-corrected chi connectivity index (χ3v) is 7.36. The van der Waals surface area contributed by atoms with Gasteiger partial charge in [-0.2, -0.15) is 0 Å². The lowest BCUT2D eigenvalue weighted by Crippen LogP contribution is -2.40. The maximum atomic E-state index is 11.9. The van der Waals surface area contributed by atoms with Crippen molar-refractivity contribution in [2.75, 3.05) is 38.1 Å². The zero-order chi connectivity index (χ0) is 20.5. The molecule has 2 fully saturated rings. The lowest BCUT2D eigenvalue weighted by molar-refractivity contribution is 0.0963. The Morgan fingerprint density at radius 1 is 1.10 bits per heavy atom. The Labute approximate surface area is 180 Å². The molecule has 0 spiro atoms. The van der Waals surface area contributed by atoms with Crippen LogP contribution in [0.15, 0.2) is 36.7 Å². The van der Waals surface area contributed by atoms with Gasteiger partial charge in [-0.15, -0.1) is 0 Å². The van der Waals surface area contributed by atoms with Gasteiger partial charge in [-0.25, -0.2) is 4.98 Å². The first-order valence-corrected chi connectivity index (χ1v) is 11.6. The number of nitrogens with zero attached hydrogens (tertiary/aromatic N) is 4. The van der Waals surface area contributed by atoms with Crippen molar-refractivity contribution in [2.45, 2.75) is 31.7 Å². The summed E-state index contributed by atoms with van der Waals surface area (Å²) in [6, 6.07) is 8.87. The lowest BCUT2D eigenvalue weighted by Gasteiger charge is -2.32. The van der Waals surface area contributed by atoms with Crippen molar-refractivity contribution in [2.24, 2.45) is 0 Å². The smallest absolute Gasteiger partial charge is 0.252 e. The van der Waals surface area contributed by atoms with E-state index in [4.69, 9.17) is 4.98 Å². The number of benzene rings is 1. The number of thiazole rings is 1. The van der Waals surface area contributed by atoms with Crippen LogP contribution in [0.3, 0.4) is 0 Å². The molecule has 30 heavy (non-hydrogen) atoms. The Morgan fingerprint density at radius 3 is 2.80 bits per heavy atom. The van der Waals surface area contributed by atoms with Gasteiger partial charge in [0.15, 0.2) is 5.13 Å². The molecule has 2 aliphatic rings. The van der Waals surface area contributed by atoms with E-state index in [0.717, 1.165) is 34.9 Å². The molecule has 0 aliphatic carbocycles. The molecule has 2 aromatic heterocycles. The number of pyridine rings is 1. The second-order valence-electron chi connectivity index (χ2n) is 8.21. The molecule has 0 radical (unpaired) electrons. The molecule has 1 N–H and O–H groups in total. The minimum Gasteiger partial charge on any atom is -0.355 e. The van der Waals surface area contributed by atoms with Crippen LogP contribution >= 0.6 is 11.3 Å². The summed E-state index contributed by atoms with van der Waals surface area (Å²) in [4.78, 5) is 26.2. The summed E-state index contributed by atoms with van der Waals surface area (Å²) in [5.41, 5.74) is 3.61. The minimum absolute atomic E-state index is 0.122. The van der Waals surface area contributed by atoms with Gasteiger partial charge in [0.05, 0.1) is 15.8 Å². The van der Waals surface area contributed by atoms with Gasteiger partial charge in [0, 0.05) is 44.1 Å². The standard InChI is InChI=1S/C23H27N5OS/c1-24-22(29)18-11-17(13-25-14-18)16-5-6-20-21(12-16)30-23(26-20)28-10-7-19(15-28)27-8-3-2-4-9-27/h5-6,11-14,19H,2-4,7-10,15H2,1H3,(H,24,29). The Kier molecular flexibility index (Phi) is 5.39. The molecular weight excluding hydrogens is 394 g/mol. The van der Waals surface area contributed by atoms with Gasteiger partial charge >= 0.3 is 0 Å². The monoisotopic (exact) mass is 421 g/mol. The molecule has 2 saturated heterocycles. The molecule has 1 aromatic carbocycles. The normalized spacial score (nSPS) is 20.0. The average molecular weight is 422 g/mol. The number of amides is 1. The number of carbonyl (C=O) groups is 1. The number of fused-ring (bicyclic) bond motifs is 1. The van der Waals surface area contributed by atoms with E-state index in [0.29, 0.717) is 11.6 Å². The van der Waals surface area contributed by atoms with Crippen molar-refractivity contribution < 1.29 is 4.79 Å². The number of piperidine rings is 1. The van der Waals surface area contributed by atoms with Crippen LogP contribution in [0.2, 0.25) is 0 Å². The summed E-state index contributed by atoms with van der Waals surface area (Å²) < 4.78 is 1.18. The van der Waals surface area contributed by atoms with Crippen LogP contribution in [0, 0.1) is 0 Å². The van der Waals surface area contributed by atoms with E-state index in [9.17, 15) is 4.79 Å². The molecule has 2 aliphatic heterocycles. The predicted molar refractivity (Wildman–Crippen MR) is 122 cm³/mol. The van der Waals surface area contributed by atoms with Crippen molar-refractivity contribution in [3.05, 3.63) is 42.2 Å². The highest BCUT2D eigenvalue weighted by molar-refractivity contribution is 7.22. The van der Waals surface area contributed by atoms with Gasteiger partial charge in [0.1, 0.15) is 0 Å². The second-order valence-corrected chi connectivity index (χ2v) is 9.21. The summed E-state index contributed by atoms with van der Waals surface area (Å²) in [6.45, 7) is 4.69. The van der Waals surface area contributed by atoms with Gasteiger partial charge < -0.3 is 10.2 Å². The molecule has 156 valence electrons. The van der Waals surface area contributed by atoms with Gasteiger partial charge in [-0.05, 0) is 56.1 Å². The third kappa shape index (κ3) is 3.79. The van der Waals surface area contributed by atoms with Crippen LogP contribution in [0.4, 0.5) is 5.13 Å². The summed E-state index contributed by atoms with van der Waals surface area (Å²) in [6.07, 6.45) is 8.71. The van der Waals surface area contributed by atoms with Crippen LogP contribution in [-0.2, 0) is 0 Å². The molecule has 7 heteroatoms. The first kappa shape index (κ1) is 19.5. The average Bonchev–Trinajstić information content (AvgIpc) is 3.46. The Morgan fingerprint density at radius 2 is 1.97 bits per heavy atom. The maximum absolute atomic E-state index is 11.9. The molecular formula is C23H27N5OS. The van der Waals surface area contributed by atoms with E-state index in [-0.39, 0.29) is 5.91 Å². The van der Waals surface area contributed by atoms with Crippen molar-refractivity contribution in [3.63, 3.8) is 0 Å². The first-order chi connectivity index (χ1) is 14.7. The van der Waals surface area contributed by atoms with E-state index in [1.54, 1.807) is 30.8 Å². The van der Waals surface area contributed by atoms with E-state index in [1.165, 1.54) is 43.5 Å². The fourth-order valence-electron chi connectivity index (χ4n) is 4.59. The molecule has 3 aromatic rings. The fraction of sp³-hybridized carbons (Fsp3) is 0.435. The zero-order valence-corrected chi connectivity index (χ0v) is 18.1. The summed E-state index contributed by atoms with van der Waals surface area (Å²) in [7, 11) is 1.63. The van der Waals surface area contributed by atoms with E-state index in [2.05, 4.69) is 38.3 Å². The van der Waals surface area contributed by atoms with Gasteiger partial charge in [0.25, 0.3) is 5.91 Å². The van der Waals surface area contributed by atoms with Gasteiger partial charge in [-0.1, -0.05) is 23.8 Å². The molecule has 0 bridgehead atoms. The Hall–Kier alpha value is -2.51. The van der Waals surface area contributed by atoms with Crippen LogP contribution in [0.25, 0.3) is 21.3 Å². The Balaban J connectivity index is 1.36. The largest absolute Gasteiger partial charge is 0.355 e. The highest BCUT2D eigenvalue weighted by atomic mass is 32.1. The molecule has 4 heterocycles. The molecule has 5 rings (SSSR count). The number of aromatic nitrogens is 2. The molecule has 1 unspecified atom stereocenters. The second kappa shape index (κ2) is 8.32. The maximum Gasteiger partial charge on any atom is 0.252 e. The lowest BCUT2D eigenvalue weighted by atomic mass is 10.1.